The van der Waals surface area contributed by atoms with Crippen LogP contribution in [0.2, 0.25) is 0 Å². The maximum atomic E-state index is 12.8. The van der Waals surface area contributed by atoms with Crippen LogP contribution >= 0.6 is 11.3 Å². The SMILES string of the molecule is CCCCOc1ccccc1C=c1sc2nc(-c3ccc(OC)cc3)nn2c1=O. The molecule has 4 aromatic rings. The van der Waals surface area contributed by atoms with Gasteiger partial charge in [0.05, 0.1) is 18.2 Å². The molecule has 0 unspecified atom stereocenters. The van der Waals surface area contributed by atoms with Gasteiger partial charge in [-0.15, -0.1) is 5.10 Å². The topological polar surface area (TPSA) is 65.7 Å². The van der Waals surface area contributed by atoms with Gasteiger partial charge in [0.15, 0.2) is 5.82 Å². The van der Waals surface area contributed by atoms with Gasteiger partial charge in [-0.3, -0.25) is 4.79 Å². The summed E-state index contributed by atoms with van der Waals surface area (Å²) in [6, 6.07) is 15.2. The van der Waals surface area contributed by atoms with Gasteiger partial charge in [-0.05, 0) is 42.8 Å². The van der Waals surface area contributed by atoms with Gasteiger partial charge >= 0.3 is 0 Å². The molecule has 0 fully saturated rings. The van der Waals surface area contributed by atoms with Crippen LogP contribution in [0.4, 0.5) is 0 Å². The molecule has 6 nitrogen and oxygen atoms in total. The maximum Gasteiger partial charge on any atom is 0.291 e. The zero-order valence-electron chi connectivity index (χ0n) is 16.3. The summed E-state index contributed by atoms with van der Waals surface area (Å²) in [6.45, 7) is 2.78. The summed E-state index contributed by atoms with van der Waals surface area (Å²) in [6.07, 6.45) is 3.91. The van der Waals surface area contributed by atoms with E-state index in [4.69, 9.17) is 9.47 Å². The molecule has 0 radical (unpaired) electrons. The Bertz CT molecular complexity index is 1230. The number of nitrogens with zero attached hydrogens (tertiary/aromatic N) is 3. The van der Waals surface area contributed by atoms with Gasteiger partial charge in [-0.25, -0.2) is 0 Å². The van der Waals surface area contributed by atoms with Crippen molar-refractivity contribution in [1.82, 2.24) is 14.6 Å². The van der Waals surface area contributed by atoms with Crippen LogP contribution in [0.15, 0.2) is 53.3 Å². The Hall–Kier alpha value is -3.19. The predicted molar refractivity (Wildman–Crippen MR) is 115 cm³/mol. The average molecular weight is 407 g/mol. The van der Waals surface area contributed by atoms with Crippen LogP contribution in [0.25, 0.3) is 22.4 Å². The first kappa shape index (κ1) is 19.1. The lowest BCUT2D eigenvalue weighted by molar-refractivity contribution is 0.309. The molecule has 0 amide bonds. The van der Waals surface area contributed by atoms with E-state index in [0.29, 0.717) is 21.9 Å². The summed E-state index contributed by atoms with van der Waals surface area (Å²) in [5, 5.41) is 4.39. The monoisotopic (exact) mass is 407 g/mol. The molecule has 0 atom stereocenters. The molecule has 0 bridgehead atoms. The van der Waals surface area contributed by atoms with Crippen molar-refractivity contribution in [1.29, 1.82) is 0 Å². The first-order valence-electron chi connectivity index (χ1n) is 9.47. The molecule has 2 aromatic heterocycles. The number of ether oxygens (including phenoxy) is 2. The number of benzene rings is 2. The van der Waals surface area contributed by atoms with Crippen molar-refractivity contribution in [3.05, 3.63) is 69.0 Å². The number of unbranched alkanes of at least 4 members (excludes halogenated alkanes) is 1. The third-order valence-corrected chi connectivity index (χ3v) is 5.45. The summed E-state index contributed by atoms with van der Waals surface area (Å²) < 4.78 is 13.0. The van der Waals surface area contributed by atoms with Crippen LogP contribution in [-0.4, -0.2) is 28.3 Å². The van der Waals surface area contributed by atoms with E-state index >= 15 is 0 Å². The van der Waals surface area contributed by atoms with Crippen molar-refractivity contribution in [2.75, 3.05) is 13.7 Å². The van der Waals surface area contributed by atoms with E-state index in [0.717, 1.165) is 35.5 Å². The largest absolute Gasteiger partial charge is 0.497 e. The van der Waals surface area contributed by atoms with Crippen LogP contribution in [-0.2, 0) is 0 Å². The van der Waals surface area contributed by atoms with E-state index in [1.165, 1.54) is 15.9 Å². The quantitative estimate of drug-likeness (QED) is 0.438. The molecule has 0 aliphatic heterocycles. The lowest BCUT2D eigenvalue weighted by Crippen LogP contribution is -2.23. The number of thiazole rings is 1. The number of methoxy groups -OCH3 is 1. The Kier molecular flexibility index (Phi) is 5.57. The van der Waals surface area contributed by atoms with Gasteiger partial charge in [-0.2, -0.15) is 9.50 Å². The smallest absolute Gasteiger partial charge is 0.291 e. The molecule has 0 saturated carbocycles. The van der Waals surface area contributed by atoms with Gasteiger partial charge in [-0.1, -0.05) is 42.9 Å². The van der Waals surface area contributed by atoms with Gasteiger partial charge < -0.3 is 9.47 Å². The first-order valence-corrected chi connectivity index (χ1v) is 10.3. The van der Waals surface area contributed by atoms with Crippen molar-refractivity contribution in [3.8, 4) is 22.9 Å². The highest BCUT2D eigenvalue weighted by atomic mass is 32.1. The van der Waals surface area contributed by atoms with Crippen LogP contribution in [0, 0.1) is 0 Å². The molecule has 0 aliphatic rings. The van der Waals surface area contributed by atoms with Crippen molar-refractivity contribution in [3.63, 3.8) is 0 Å². The predicted octanol–water partition coefficient (Wildman–Crippen LogP) is 3.55. The lowest BCUT2D eigenvalue weighted by Gasteiger charge is -2.07. The minimum absolute atomic E-state index is 0.180. The van der Waals surface area contributed by atoms with Crippen LogP contribution in [0.1, 0.15) is 25.3 Å². The molecule has 0 N–H and O–H groups in total. The summed E-state index contributed by atoms with van der Waals surface area (Å²) in [7, 11) is 1.62. The fraction of sp³-hybridized carbons (Fsp3) is 0.227. The number of para-hydroxylation sites is 1. The molecule has 29 heavy (non-hydrogen) atoms. The average Bonchev–Trinajstić information content (AvgIpc) is 3.29. The van der Waals surface area contributed by atoms with Gasteiger partial charge in [0.2, 0.25) is 4.96 Å². The van der Waals surface area contributed by atoms with E-state index in [2.05, 4.69) is 17.0 Å². The minimum atomic E-state index is -0.180. The second-order valence-electron chi connectivity index (χ2n) is 6.51. The number of aromatic nitrogens is 3. The number of rotatable bonds is 7. The Morgan fingerprint density at radius 2 is 1.93 bits per heavy atom. The second kappa shape index (κ2) is 8.45. The summed E-state index contributed by atoms with van der Waals surface area (Å²) in [5.41, 5.74) is 1.53. The second-order valence-corrected chi connectivity index (χ2v) is 7.52. The minimum Gasteiger partial charge on any atom is -0.497 e. The molecular formula is C22H21N3O3S. The van der Waals surface area contributed by atoms with E-state index in [1.807, 2.05) is 54.6 Å². The Balaban J connectivity index is 1.68. The van der Waals surface area contributed by atoms with E-state index in [1.54, 1.807) is 7.11 Å². The van der Waals surface area contributed by atoms with Crippen molar-refractivity contribution in [2.24, 2.45) is 0 Å². The number of hydrogen-bond donors (Lipinski definition) is 0. The zero-order valence-corrected chi connectivity index (χ0v) is 17.1. The van der Waals surface area contributed by atoms with Gasteiger partial charge in [0.25, 0.3) is 5.56 Å². The van der Waals surface area contributed by atoms with Crippen LogP contribution in [0.3, 0.4) is 0 Å². The lowest BCUT2D eigenvalue weighted by atomic mass is 10.2. The van der Waals surface area contributed by atoms with Crippen molar-refractivity contribution >= 4 is 22.4 Å². The normalized spacial score (nSPS) is 11.9. The first-order chi connectivity index (χ1) is 14.2. The summed E-state index contributed by atoms with van der Waals surface area (Å²) >= 11 is 1.32. The third-order valence-electron chi connectivity index (χ3n) is 4.49. The fourth-order valence-corrected chi connectivity index (χ4v) is 3.79. The van der Waals surface area contributed by atoms with Gasteiger partial charge in [0.1, 0.15) is 11.5 Å². The highest BCUT2D eigenvalue weighted by Crippen LogP contribution is 2.21. The highest BCUT2D eigenvalue weighted by Gasteiger charge is 2.12. The van der Waals surface area contributed by atoms with Crippen molar-refractivity contribution < 1.29 is 9.47 Å². The molecule has 2 aromatic carbocycles. The Labute approximate surface area is 172 Å². The molecule has 2 heterocycles. The highest BCUT2D eigenvalue weighted by molar-refractivity contribution is 7.15. The van der Waals surface area contributed by atoms with Gasteiger partial charge in [0, 0.05) is 11.1 Å². The number of hydrogen-bond acceptors (Lipinski definition) is 6. The Morgan fingerprint density at radius 3 is 2.66 bits per heavy atom. The summed E-state index contributed by atoms with van der Waals surface area (Å²) in [4.78, 5) is 17.9. The fourth-order valence-electron chi connectivity index (χ4n) is 2.90. The Morgan fingerprint density at radius 1 is 1.14 bits per heavy atom. The third kappa shape index (κ3) is 4.00. The van der Waals surface area contributed by atoms with E-state index in [-0.39, 0.29) is 5.56 Å². The number of fused-ring (bicyclic) bond motifs is 1. The standard InChI is InChI=1S/C22H21N3O3S/c1-3-4-13-28-18-8-6-5-7-16(18)14-19-21(26)25-22(29-19)23-20(24-25)15-9-11-17(27-2)12-10-15/h5-12,14H,3-4,13H2,1-2H3. The molecule has 0 saturated heterocycles. The van der Waals surface area contributed by atoms with E-state index in [9.17, 15) is 4.79 Å². The van der Waals surface area contributed by atoms with Crippen LogP contribution < -0.4 is 19.6 Å². The van der Waals surface area contributed by atoms with E-state index < -0.39 is 0 Å². The zero-order chi connectivity index (χ0) is 20.2. The molecule has 4 rings (SSSR count). The van der Waals surface area contributed by atoms with Crippen molar-refractivity contribution in [2.45, 2.75) is 19.8 Å². The molecule has 148 valence electrons. The maximum absolute atomic E-state index is 12.8. The summed E-state index contributed by atoms with van der Waals surface area (Å²) in [5.74, 6) is 2.06. The van der Waals surface area contributed by atoms with Crippen LogP contribution in [0.5, 0.6) is 11.5 Å². The molecule has 0 spiro atoms. The molecule has 0 aliphatic carbocycles. The molecular weight excluding hydrogens is 386 g/mol. The molecule has 7 heteroatoms.